The highest BCUT2D eigenvalue weighted by atomic mass is 35.5. The fraction of sp³-hybridized carbons (Fsp3) is 0.474. The van der Waals surface area contributed by atoms with Crippen LogP contribution in [0.3, 0.4) is 0 Å². The smallest absolute Gasteiger partial charge is 0.404 e. The Balaban J connectivity index is 1.40. The van der Waals surface area contributed by atoms with Crippen molar-refractivity contribution < 1.29 is 14.4 Å². The Bertz CT molecular complexity index is 709. The van der Waals surface area contributed by atoms with E-state index in [9.17, 15) is 4.79 Å². The molecule has 1 saturated heterocycles. The van der Waals surface area contributed by atoms with E-state index in [1.807, 2.05) is 30.3 Å². The second kappa shape index (κ2) is 9.05. The topological polar surface area (TPSA) is 78.6 Å². The maximum absolute atomic E-state index is 10.5. The van der Waals surface area contributed by atoms with Crippen molar-refractivity contribution in [2.75, 3.05) is 26.2 Å². The molecule has 1 aromatic heterocycles. The first-order chi connectivity index (χ1) is 12.6. The van der Waals surface area contributed by atoms with Crippen LogP contribution in [-0.2, 0) is 6.42 Å². The molecule has 0 unspecified atom stereocenters. The number of aromatic nitrogens is 1. The van der Waals surface area contributed by atoms with Crippen LogP contribution in [0, 0.1) is 5.92 Å². The van der Waals surface area contributed by atoms with Gasteiger partial charge in [0.25, 0.3) is 0 Å². The fourth-order valence-electron chi connectivity index (χ4n) is 3.34. The highest BCUT2D eigenvalue weighted by Crippen LogP contribution is 2.23. The predicted molar refractivity (Wildman–Crippen MR) is 100 cm³/mol. The number of halogens is 1. The molecule has 3 rings (SSSR count). The largest absolute Gasteiger partial charge is 0.465 e. The lowest BCUT2D eigenvalue weighted by molar-refractivity contribution is 0.173. The molecule has 2 aromatic rings. The molecule has 2 heterocycles. The number of carbonyl (C=O) groups is 1. The van der Waals surface area contributed by atoms with E-state index in [0.29, 0.717) is 17.5 Å². The van der Waals surface area contributed by atoms with Gasteiger partial charge in [-0.2, -0.15) is 0 Å². The Hall–Kier alpha value is -2.05. The van der Waals surface area contributed by atoms with E-state index in [-0.39, 0.29) is 0 Å². The summed E-state index contributed by atoms with van der Waals surface area (Å²) >= 11 is 5.91. The quantitative estimate of drug-likeness (QED) is 0.764. The first kappa shape index (κ1) is 18.7. The van der Waals surface area contributed by atoms with Crippen molar-refractivity contribution in [1.29, 1.82) is 0 Å². The van der Waals surface area contributed by atoms with Crippen LogP contribution < -0.4 is 5.32 Å². The summed E-state index contributed by atoms with van der Waals surface area (Å²) in [6.45, 7) is 3.60. The van der Waals surface area contributed by atoms with E-state index in [1.54, 1.807) is 0 Å². The summed E-state index contributed by atoms with van der Waals surface area (Å²) < 4.78 is 5.46. The average Bonchev–Trinajstić information content (AvgIpc) is 3.10. The Kier molecular flexibility index (Phi) is 6.52. The van der Waals surface area contributed by atoms with Crippen LogP contribution in [0.2, 0.25) is 5.02 Å². The van der Waals surface area contributed by atoms with E-state index in [4.69, 9.17) is 21.2 Å². The Labute approximate surface area is 158 Å². The lowest BCUT2D eigenvalue weighted by atomic mass is 9.93. The van der Waals surface area contributed by atoms with Crippen molar-refractivity contribution in [3.05, 3.63) is 41.1 Å². The van der Waals surface area contributed by atoms with E-state index in [1.165, 1.54) is 0 Å². The van der Waals surface area contributed by atoms with E-state index in [2.05, 4.69) is 15.4 Å². The summed E-state index contributed by atoms with van der Waals surface area (Å²) in [5.74, 6) is 1.50. The van der Waals surface area contributed by atoms with Crippen molar-refractivity contribution in [3.8, 4) is 11.3 Å². The number of benzene rings is 1. The van der Waals surface area contributed by atoms with E-state index in [0.717, 1.165) is 62.3 Å². The number of hydrogen-bond donors (Lipinski definition) is 2. The first-order valence-electron chi connectivity index (χ1n) is 9.01. The summed E-state index contributed by atoms with van der Waals surface area (Å²) in [7, 11) is 0. The minimum absolute atomic E-state index is 0.547. The molecule has 26 heavy (non-hydrogen) atoms. The number of carboxylic acid groups (broad SMARTS) is 1. The molecule has 0 bridgehead atoms. The number of hydrogen-bond acceptors (Lipinski definition) is 4. The van der Waals surface area contributed by atoms with Crippen LogP contribution >= 0.6 is 11.6 Å². The molecular formula is C19H24ClN3O3. The molecule has 1 amide bonds. The minimum atomic E-state index is -0.938. The lowest BCUT2D eigenvalue weighted by Gasteiger charge is -2.31. The van der Waals surface area contributed by atoms with Gasteiger partial charge in [0.15, 0.2) is 0 Å². The van der Waals surface area contributed by atoms with E-state index < -0.39 is 6.09 Å². The van der Waals surface area contributed by atoms with E-state index >= 15 is 0 Å². The highest BCUT2D eigenvalue weighted by molar-refractivity contribution is 6.30. The molecule has 0 atom stereocenters. The Morgan fingerprint density at radius 2 is 2.04 bits per heavy atom. The third-order valence-corrected chi connectivity index (χ3v) is 5.16. The number of nitrogens with one attached hydrogen (secondary N) is 1. The summed E-state index contributed by atoms with van der Waals surface area (Å²) in [6.07, 6.45) is 3.06. The summed E-state index contributed by atoms with van der Waals surface area (Å²) in [6, 6.07) is 9.57. The zero-order valence-corrected chi connectivity index (χ0v) is 15.4. The van der Waals surface area contributed by atoms with Gasteiger partial charge < -0.3 is 19.8 Å². The second-order valence-corrected chi connectivity index (χ2v) is 7.18. The third kappa shape index (κ3) is 5.47. The molecule has 1 aromatic carbocycles. The van der Waals surface area contributed by atoms with Crippen molar-refractivity contribution in [3.63, 3.8) is 0 Å². The molecule has 0 spiro atoms. The lowest BCUT2D eigenvalue weighted by Crippen LogP contribution is -2.36. The van der Waals surface area contributed by atoms with Crippen LogP contribution in [0.5, 0.6) is 0 Å². The second-order valence-electron chi connectivity index (χ2n) is 6.74. The molecule has 2 N–H and O–H groups in total. The molecule has 0 aliphatic carbocycles. The summed E-state index contributed by atoms with van der Waals surface area (Å²) in [4.78, 5) is 12.9. The van der Waals surface area contributed by atoms with Crippen LogP contribution in [0.25, 0.3) is 11.3 Å². The van der Waals surface area contributed by atoms with Crippen LogP contribution in [-0.4, -0.2) is 47.4 Å². The Morgan fingerprint density at radius 3 is 2.73 bits per heavy atom. The minimum Gasteiger partial charge on any atom is -0.465 e. The third-order valence-electron chi connectivity index (χ3n) is 4.91. The maximum Gasteiger partial charge on any atom is 0.404 e. The highest BCUT2D eigenvalue weighted by Gasteiger charge is 2.19. The van der Waals surface area contributed by atoms with Crippen molar-refractivity contribution in [1.82, 2.24) is 15.4 Å². The molecule has 7 heteroatoms. The average molecular weight is 378 g/mol. The number of amides is 1. The SMILES string of the molecule is O=C(O)NCCC1CCN(CCc2cc(-c3ccc(Cl)cc3)no2)CC1. The zero-order valence-electron chi connectivity index (χ0n) is 14.7. The number of rotatable bonds is 7. The molecule has 1 aliphatic rings. The van der Waals surface area contributed by atoms with Crippen molar-refractivity contribution >= 4 is 17.7 Å². The molecule has 1 aliphatic heterocycles. The molecule has 0 radical (unpaired) electrons. The van der Waals surface area contributed by atoms with Gasteiger partial charge in [0.05, 0.1) is 0 Å². The molecule has 1 fully saturated rings. The Morgan fingerprint density at radius 1 is 1.31 bits per heavy atom. The number of nitrogens with zero attached hydrogens (tertiary/aromatic N) is 2. The predicted octanol–water partition coefficient (Wildman–Crippen LogP) is 3.91. The first-order valence-corrected chi connectivity index (χ1v) is 9.38. The van der Waals surface area contributed by atoms with Gasteiger partial charge in [0.2, 0.25) is 0 Å². The number of piperidine rings is 1. The van der Waals surface area contributed by atoms with Crippen molar-refractivity contribution in [2.24, 2.45) is 5.92 Å². The van der Waals surface area contributed by atoms with Gasteiger partial charge in [0.1, 0.15) is 11.5 Å². The van der Waals surface area contributed by atoms with Crippen LogP contribution in [0.15, 0.2) is 34.9 Å². The molecule has 6 nitrogen and oxygen atoms in total. The monoisotopic (exact) mass is 377 g/mol. The van der Waals surface area contributed by atoms with Gasteiger partial charge in [0, 0.05) is 36.2 Å². The van der Waals surface area contributed by atoms with Gasteiger partial charge in [-0.1, -0.05) is 28.9 Å². The zero-order chi connectivity index (χ0) is 18.4. The molecule has 140 valence electrons. The van der Waals surface area contributed by atoms with Crippen LogP contribution in [0.1, 0.15) is 25.0 Å². The maximum atomic E-state index is 10.5. The van der Waals surface area contributed by atoms with Gasteiger partial charge >= 0.3 is 6.09 Å². The van der Waals surface area contributed by atoms with Gasteiger partial charge in [-0.15, -0.1) is 0 Å². The van der Waals surface area contributed by atoms with Gasteiger partial charge in [-0.3, -0.25) is 0 Å². The molecular weight excluding hydrogens is 354 g/mol. The normalized spacial score (nSPS) is 15.9. The summed E-state index contributed by atoms with van der Waals surface area (Å²) in [5, 5.41) is 15.9. The standard InChI is InChI=1S/C19H24ClN3O3/c20-16-3-1-15(2-4-16)18-13-17(26-22-18)8-12-23-10-6-14(7-11-23)5-9-21-19(24)25/h1-4,13-14,21H,5-12H2,(H,24,25). The van der Waals surface area contributed by atoms with Crippen molar-refractivity contribution in [2.45, 2.75) is 25.7 Å². The van der Waals surface area contributed by atoms with Crippen LogP contribution in [0.4, 0.5) is 4.79 Å². The molecule has 0 saturated carbocycles. The van der Waals surface area contributed by atoms with Gasteiger partial charge in [-0.25, -0.2) is 4.79 Å². The van der Waals surface area contributed by atoms with Gasteiger partial charge in [-0.05, 0) is 50.4 Å². The summed E-state index contributed by atoms with van der Waals surface area (Å²) in [5.41, 5.74) is 1.83. The number of likely N-dealkylation sites (tertiary alicyclic amines) is 1. The fourth-order valence-corrected chi connectivity index (χ4v) is 3.46.